The Bertz CT molecular complexity index is 177. The molecule has 5 heteroatoms. The van der Waals surface area contributed by atoms with E-state index in [2.05, 4.69) is 4.74 Å². The normalized spacial score (nSPS) is 11.5. The quantitative estimate of drug-likeness (QED) is 0.293. The van der Waals surface area contributed by atoms with E-state index in [4.69, 9.17) is 9.78 Å². The van der Waals surface area contributed by atoms with Crippen molar-refractivity contribution in [3.05, 3.63) is 0 Å². The van der Waals surface area contributed by atoms with Gasteiger partial charge in [0.15, 0.2) is 0 Å². The van der Waals surface area contributed by atoms with Gasteiger partial charge in [-0.05, 0) is 32.9 Å². The maximum absolute atomic E-state index is 10.7. The molecule has 0 heterocycles. The molecule has 0 aromatic carbocycles. The highest BCUT2D eigenvalue weighted by Gasteiger charge is 2.10. The molecule has 0 amide bonds. The molecule has 0 atom stereocenters. The van der Waals surface area contributed by atoms with Gasteiger partial charge in [-0.2, -0.15) is 11.8 Å². The minimum absolute atomic E-state index is 0.188. The summed E-state index contributed by atoms with van der Waals surface area (Å²) in [4.78, 5) is 20.8. The largest absolute Gasteiger partial charge is 0.468 e. The van der Waals surface area contributed by atoms with E-state index in [1.165, 1.54) is 18.9 Å². The molecule has 0 aromatic heterocycles. The van der Waals surface area contributed by atoms with Crippen LogP contribution in [0.1, 0.15) is 27.2 Å². The van der Waals surface area contributed by atoms with Crippen LogP contribution >= 0.6 is 11.8 Å². The minimum atomic E-state index is -0.265. The average molecular weight is 236 g/mol. The Balaban J connectivity index is 3.16. The van der Waals surface area contributed by atoms with Crippen molar-refractivity contribution >= 4 is 17.7 Å². The van der Waals surface area contributed by atoms with E-state index < -0.39 is 0 Å². The molecule has 0 spiro atoms. The predicted molar refractivity (Wildman–Crippen MR) is 60.7 cm³/mol. The summed E-state index contributed by atoms with van der Waals surface area (Å²) < 4.78 is 4.51. The number of thioether (sulfide) groups is 1. The number of esters is 1. The number of ether oxygens (including phenoxy) is 1. The van der Waals surface area contributed by atoms with E-state index >= 15 is 0 Å². The minimum Gasteiger partial charge on any atom is -0.468 e. The summed E-state index contributed by atoms with van der Waals surface area (Å²) in [6.07, 6.45) is 0.859. The SMILES string of the molecule is COC(=O)CSCCCOOC(C)(C)C. The predicted octanol–water partition coefficient (Wildman–Crippen LogP) is 2.03. The molecule has 0 aliphatic rings. The summed E-state index contributed by atoms with van der Waals surface area (Å²) >= 11 is 1.53. The second kappa shape index (κ2) is 7.96. The topological polar surface area (TPSA) is 44.8 Å². The molecule has 0 radical (unpaired) electrons. The van der Waals surface area contributed by atoms with Crippen LogP contribution in [0.2, 0.25) is 0 Å². The summed E-state index contributed by atoms with van der Waals surface area (Å²) in [6, 6.07) is 0. The van der Waals surface area contributed by atoms with Crippen molar-refractivity contribution in [1.29, 1.82) is 0 Å². The van der Waals surface area contributed by atoms with Crippen molar-refractivity contribution in [3.8, 4) is 0 Å². The lowest BCUT2D eigenvalue weighted by molar-refractivity contribution is -0.348. The summed E-state index contributed by atoms with van der Waals surface area (Å²) in [6.45, 7) is 6.34. The molecule has 0 saturated carbocycles. The van der Waals surface area contributed by atoms with Crippen LogP contribution in [-0.4, -0.2) is 36.8 Å². The Morgan fingerprint density at radius 1 is 1.33 bits per heavy atom. The lowest BCUT2D eigenvalue weighted by Gasteiger charge is -2.17. The van der Waals surface area contributed by atoms with Gasteiger partial charge in [0.1, 0.15) is 0 Å². The van der Waals surface area contributed by atoms with Crippen LogP contribution in [0.3, 0.4) is 0 Å². The van der Waals surface area contributed by atoms with Crippen molar-refractivity contribution in [2.24, 2.45) is 0 Å². The number of carbonyl (C=O) groups is 1. The van der Waals surface area contributed by atoms with Crippen LogP contribution in [0.5, 0.6) is 0 Å². The van der Waals surface area contributed by atoms with Gasteiger partial charge in [-0.1, -0.05) is 0 Å². The second-order valence-electron chi connectivity index (χ2n) is 4.00. The second-order valence-corrected chi connectivity index (χ2v) is 5.11. The van der Waals surface area contributed by atoms with Crippen LogP contribution in [0, 0.1) is 0 Å². The van der Waals surface area contributed by atoms with Crippen molar-refractivity contribution in [3.63, 3.8) is 0 Å². The molecule has 0 unspecified atom stereocenters. The summed E-state index contributed by atoms with van der Waals surface area (Å²) in [7, 11) is 1.39. The van der Waals surface area contributed by atoms with Crippen LogP contribution in [0.15, 0.2) is 0 Å². The van der Waals surface area contributed by atoms with Gasteiger partial charge in [-0.3, -0.25) is 4.79 Å². The van der Waals surface area contributed by atoms with Crippen molar-refractivity contribution in [1.82, 2.24) is 0 Å². The lowest BCUT2D eigenvalue weighted by atomic mass is 10.2. The highest BCUT2D eigenvalue weighted by molar-refractivity contribution is 7.99. The van der Waals surface area contributed by atoms with Gasteiger partial charge in [0.2, 0.25) is 0 Å². The smallest absolute Gasteiger partial charge is 0.315 e. The fourth-order valence-corrected chi connectivity index (χ4v) is 1.40. The Morgan fingerprint density at radius 2 is 2.00 bits per heavy atom. The first-order valence-corrected chi connectivity index (χ1v) is 6.06. The highest BCUT2D eigenvalue weighted by Crippen LogP contribution is 2.08. The van der Waals surface area contributed by atoms with Crippen LogP contribution in [0.25, 0.3) is 0 Å². The number of methoxy groups -OCH3 is 1. The van der Waals surface area contributed by atoms with Gasteiger partial charge < -0.3 is 4.74 Å². The molecule has 90 valence electrons. The zero-order valence-electron chi connectivity index (χ0n) is 9.87. The maximum atomic E-state index is 10.7. The Morgan fingerprint density at radius 3 is 2.53 bits per heavy atom. The Kier molecular flexibility index (Phi) is 7.82. The molecular weight excluding hydrogens is 216 g/mol. The first-order valence-electron chi connectivity index (χ1n) is 4.91. The molecule has 0 N–H and O–H groups in total. The number of carbonyl (C=O) groups excluding carboxylic acids is 1. The van der Waals surface area contributed by atoms with E-state index in [1.54, 1.807) is 0 Å². The van der Waals surface area contributed by atoms with Crippen molar-refractivity contribution < 1.29 is 19.3 Å². The molecular formula is C10H20O4S. The monoisotopic (exact) mass is 236 g/mol. The summed E-state index contributed by atoms with van der Waals surface area (Å²) in [5, 5.41) is 0. The van der Waals surface area contributed by atoms with Crippen molar-refractivity contribution in [2.45, 2.75) is 32.8 Å². The van der Waals surface area contributed by atoms with Gasteiger partial charge >= 0.3 is 5.97 Å². The van der Waals surface area contributed by atoms with Gasteiger partial charge in [-0.15, -0.1) is 0 Å². The third kappa shape index (κ3) is 11.7. The number of rotatable bonds is 7. The molecule has 15 heavy (non-hydrogen) atoms. The molecule has 0 bridgehead atoms. The van der Waals surface area contributed by atoms with Crippen LogP contribution in [-0.2, 0) is 19.3 Å². The maximum Gasteiger partial charge on any atom is 0.315 e. The molecule has 0 rings (SSSR count). The number of hydrogen-bond acceptors (Lipinski definition) is 5. The van der Waals surface area contributed by atoms with E-state index in [1.807, 2.05) is 20.8 Å². The zero-order valence-corrected chi connectivity index (χ0v) is 10.7. The van der Waals surface area contributed by atoms with Gasteiger partial charge in [0.05, 0.1) is 25.1 Å². The third-order valence-electron chi connectivity index (χ3n) is 1.27. The van der Waals surface area contributed by atoms with Gasteiger partial charge in [0, 0.05) is 0 Å². The van der Waals surface area contributed by atoms with E-state index in [0.29, 0.717) is 12.4 Å². The molecule has 0 aliphatic heterocycles. The zero-order chi connectivity index (χ0) is 11.7. The van der Waals surface area contributed by atoms with E-state index in [-0.39, 0.29) is 11.6 Å². The summed E-state index contributed by atoms with van der Waals surface area (Å²) in [5.41, 5.74) is -0.265. The fraction of sp³-hybridized carbons (Fsp3) is 0.900. The lowest BCUT2D eigenvalue weighted by Crippen LogP contribution is -2.19. The molecule has 0 saturated heterocycles. The number of hydrogen-bond donors (Lipinski definition) is 0. The third-order valence-corrected chi connectivity index (χ3v) is 2.29. The standard InChI is InChI=1S/C10H20O4S/c1-10(2,3)14-13-6-5-7-15-8-9(11)12-4/h5-8H2,1-4H3. The molecule has 4 nitrogen and oxygen atoms in total. The van der Waals surface area contributed by atoms with Crippen LogP contribution < -0.4 is 0 Å². The fourth-order valence-electron chi connectivity index (χ4n) is 0.653. The highest BCUT2D eigenvalue weighted by atomic mass is 32.2. The first-order chi connectivity index (χ1) is 6.95. The van der Waals surface area contributed by atoms with E-state index in [9.17, 15) is 4.79 Å². The van der Waals surface area contributed by atoms with Gasteiger partial charge in [0.25, 0.3) is 0 Å². The van der Waals surface area contributed by atoms with Crippen LogP contribution in [0.4, 0.5) is 0 Å². The average Bonchev–Trinajstić information content (AvgIpc) is 2.14. The first kappa shape index (κ1) is 14.7. The molecule has 0 aliphatic carbocycles. The Hall–Kier alpha value is -0.260. The molecule has 0 aromatic rings. The van der Waals surface area contributed by atoms with E-state index in [0.717, 1.165) is 12.2 Å². The van der Waals surface area contributed by atoms with Gasteiger partial charge in [-0.25, -0.2) is 9.78 Å². The summed E-state index contributed by atoms with van der Waals surface area (Å²) in [5.74, 6) is 1.08. The van der Waals surface area contributed by atoms with Crippen molar-refractivity contribution in [2.75, 3.05) is 25.2 Å². The molecule has 0 fully saturated rings. The Labute approximate surface area is 95.6 Å².